The van der Waals surface area contributed by atoms with E-state index in [-0.39, 0.29) is 33.6 Å². The van der Waals surface area contributed by atoms with Crippen LogP contribution in [0.25, 0.3) is 0 Å². The van der Waals surface area contributed by atoms with E-state index in [0.717, 1.165) is 0 Å². The fraction of sp³-hybridized carbons (Fsp3) is 0.118. The lowest BCUT2D eigenvalue weighted by atomic mass is 9.82. The summed E-state index contributed by atoms with van der Waals surface area (Å²) in [6, 6.07) is 7.39. The number of fused-ring (bicyclic) bond motifs is 2. The first-order valence-electron chi connectivity index (χ1n) is 6.78. The maximum absolute atomic E-state index is 12.8. The molecule has 0 fully saturated rings. The van der Waals surface area contributed by atoms with Crippen LogP contribution in [-0.4, -0.2) is 34.9 Å². The molecule has 0 unspecified atom stereocenters. The number of ketones is 2. The molecule has 3 rings (SSSR count). The second-order valence-corrected chi connectivity index (χ2v) is 5.11. The third-order valence-electron chi connectivity index (χ3n) is 3.79. The smallest absolute Gasteiger partial charge is 0.307 e. The van der Waals surface area contributed by atoms with Gasteiger partial charge in [0.2, 0.25) is 5.78 Å². The van der Waals surface area contributed by atoms with E-state index in [1.807, 2.05) is 0 Å². The Morgan fingerprint density at radius 2 is 1.74 bits per heavy atom. The standard InChI is InChI=1S/C17H12O6/c1-23-11-4-2-3-9-13(11)17(22)14-10(16(9)21)6-5-8(15(14)20)7-12(18)19/h2-6,20H,7H2,1H3,(H,18,19). The summed E-state index contributed by atoms with van der Waals surface area (Å²) in [5.41, 5.74) is 0.242. The summed E-state index contributed by atoms with van der Waals surface area (Å²) in [5, 5.41) is 19.2. The number of benzene rings is 2. The van der Waals surface area contributed by atoms with Crippen LogP contribution in [0.15, 0.2) is 30.3 Å². The Hall–Kier alpha value is -3.15. The second kappa shape index (κ2) is 5.24. The second-order valence-electron chi connectivity index (χ2n) is 5.11. The minimum Gasteiger partial charge on any atom is -0.507 e. The van der Waals surface area contributed by atoms with Crippen LogP contribution in [0.4, 0.5) is 0 Å². The van der Waals surface area contributed by atoms with Gasteiger partial charge in [0.1, 0.15) is 11.5 Å². The van der Waals surface area contributed by atoms with Gasteiger partial charge in [0, 0.05) is 16.7 Å². The lowest BCUT2D eigenvalue weighted by Gasteiger charge is -2.21. The maximum atomic E-state index is 12.8. The van der Waals surface area contributed by atoms with Crippen LogP contribution in [0.3, 0.4) is 0 Å². The molecule has 1 aliphatic carbocycles. The number of hydrogen-bond donors (Lipinski definition) is 2. The van der Waals surface area contributed by atoms with E-state index in [1.165, 1.54) is 25.3 Å². The van der Waals surface area contributed by atoms with Gasteiger partial charge >= 0.3 is 5.97 Å². The number of hydrogen-bond acceptors (Lipinski definition) is 5. The number of aromatic hydroxyl groups is 1. The molecule has 0 radical (unpaired) electrons. The van der Waals surface area contributed by atoms with Gasteiger partial charge in [-0.15, -0.1) is 0 Å². The average molecular weight is 312 g/mol. The predicted molar refractivity (Wildman–Crippen MR) is 79.3 cm³/mol. The Labute approximate surface area is 130 Å². The molecule has 116 valence electrons. The molecule has 2 N–H and O–H groups in total. The van der Waals surface area contributed by atoms with E-state index in [9.17, 15) is 19.5 Å². The molecule has 0 atom stereocenters. The number of carboxylic acids is 1. The maximum Gasteiger partial charge on any atom is 0.307 e. The lowest BCUT2D eigenvalue weighted by Crippen LogP contribution is -2.22. The topological polar surface area (TPSA) is 101 Å². The number of carbonyl (C=O) groups is 3. The fourth-order valence-electron chi connectivity index (χ4n) is 2.75. The van der Waals surface area contributed by atoms with Crippen molar-refractivity contribution in [2.75, 3.05) is 7.11 Å². The van der Waals surface area contributed by atoms with E-state index in [4.69, 9.17) is 9.84 Å². The van der Waals surface area contributed by atoms with Crippen molar-refractivity contribution in [3.8, 4) is 11.5 Å². The zero-order chi connectivity index (χ0) is 16.7. The average Bonchev–Trinajstić information content (AvgIpc) is 2.53. The highest BCUT2D eigenvalue weighted by atomic mass is 16.5. The highest BCUT2D eigenvalue weighted by Gasteiger charge is 2.35. The molecule has 0 saturated heterocycles. The number of methoxy groups -OCH3 is 1. The molecule has 6 heteroatoms. The van der Waals surface area contributed by atoms with Crippen LogP contribution < -0.4 is 4.74 Å². The quantitative estimate of drug-likeness (QED) is 0.765. The number of rotatable bonds is 3. The van der Waals surface area contributed by atoms with E-state index >= 15 is 0 Å². The molecule has 0 spiro atoms. The molecule has 0 heterocycles. The molecule has 0 aliphatic heterocycles. The highest BCUT2D eigenvalue weighted by Crippen LogP contribution is 2.38. The SMILES string of the molecule is COc1cccc2c1C(=O)c1c(ccc(CC(=O)O)c1O)C2=O. The first-order valence-corrected chi connectivity index (χ1v) is 6.78. The largest absolute Gasteiger partial charge is 0.507 e. The molecule has 2 aromatic carbocycles. The number of carbonyl (C=O) groups excluding carboxylic acids is 2. The summed E-state index contributed by atoms with van der Waals surface area (Å²) in [7, 11) is 1.38. The number of aliphatic carboxylic acids is 1. The van der Waals surface area contributed by atoms with Crippen LogP contribution in [0.1, 0.15) is 37.4 Å². The van der Waals surface area contributed by atoms with Crippen molar-refractivity contribution in [2.45, 2.75) is 6.42 Å². The van der Waals surface area contributed by atoms with E-state index < -0.39 is 29.7 Å². The van der Waals surface area contributed by atoms with Crippen molar-refractivity contribution in [1.82, 2.24) is 0 Å². The molecular weight excluding hydrogens is 300 g/mol. The highest BCUT2D eigenvalue weighted by molar-refractivity contribution is 6.30. The Bertz CT molecular complexity index is 866. The van der Waals surface area contributed by atoms with Crippen LogP contribution in [0.5, 0.6) is 11.5 Å². The van der Waals surface area contributed by atoms with Crippen LogP contribution in [-0.2, 0) is 11.2 Å². The number of ether oxygens (including phenoxy) is 1. The van der Waals surface area contributed by atoms with E-state index in [0.29, 0.717) is 0 Å². The van der Waals surface area contributed by atoms with Gasteiger partial charge in [0.05, 0.1) is 24.7 Å². The van der Waals surface area contributed by atoms with Crippen molar-refractivity contribution in [1.29, 1.82) is 0 Å². The molecule has 2 aromatic rings. The van der Waals surface area contributed by atoms with Gasteiger partial charge in [-0.1, -0.05) is 18.2 Å². The third-order valence-corrected chi connectivity index (χ3v) is 3.79. The molecule has 0 aromatic heterocycles. The van der Waals surface area contributed by atoms with Gasteiger partial charge in [-0.05, 0) is 12.1 Å². The predicted octanol–water partition coefficient (Wildman–Crippen LogP) is 1.80. The fourth-order valence-corrected chi connectivity index (χ4v) is 2.75. The van der Waals surface area contributed by atoms with Crippen molar-refractivity contribution in [2.24, 2.45) is 0 Å². The Kier molecular flexibility index (Phi) is 3.37. The first kappa shape index (κ1) is 14.8. The molecule has 0 saturated carbocycles. The normalized spacial score (nSPS) is 12.6. The molecule has 0 bridgehead atoms. The van der Waals surface area contributed by atoms with Gasteiger partial charge in [-0.25, -0.2) is 0 Å². The van der Waals surface area contributed by atoms with Crippen molar-refractivity contribution in [3.63, 3.8) is 0 Å². The summed E-state index contributed by atoms with van der Waals surface area (Å²) in [5.74, 6) is -2.36. The number of carboxylic acid groups (broad SMARTS) is 1. The minimum absolute atomic E-state index is 0.0578. The molecule has 0 amide bonds. The third kappa shape index (κ3) is 2.15. The first-order chi connectivity index (χ1) is 11.0. The van der Waals surface area contributed by atoms with Gasteiger partial charge in [-0.2, -0.15) is 0 Å². The van der Waals surface area contributed by atoms with E-state index in [1.54, 1.807) is 12.1 Å². The summed E-state index contributed by atoms with van der Waals surface area (Å²) in [4.78, 5) is 36.2. The van der Waals surface area contributed by atoms with Crippen molar-refractivity contribution < 1.29 is 29.3 Å². The van der Waals surface area contributed by atoms with Gasteiger partial charge in [-0.3, -0.25) is 14.4 Å². The zero-order valence-corrected chi connectivity index (χ0v) is 12.1. The van der Waals surface area contributed by atoms with Crippen LogP contribution in [0, 0.1) is 0 Å². The molecule has 6 nitrogen and oxygen atoms in total. The summed E-state index contributed by atoms with van der Waals surface area (Å²) in [6.07, 6.45) is -0.445. The van der Waals surface area contributed by atoms with Gasteiger partial charge < -0.3 is 14.9 Å². The number of phenols is 1. The Balaban J connectivity index is 2.26. The zero-order valence-electron chi connectivity index (χ0n) is 12.1. The summed E-state index contributed by atoms with van der Waals surface area (Å²) < 4.78 is 5.13. The minimum atomic E-state index is -1.15. The van der Waals surface area contributed by atoms with Gasteiger partial charge in [0.15, 0.2) is 5.78 Å². The van der Waals surface area contributed by atoms with Crippen LogP contribution >= 0.6 is 0 Å². The summed E-state index contributed by atoms with van der Waals surface area (Å²) in [6.45, 7) is 0. The van der Waals surface area contributed by atoms with Crippen molar-refractivity contribution in [3.05, 3.63) is 58.1 Å². The number of phenolic OH excluding ortho intramolecular Hbond substituents is 1. The van der Waals surface area contributed by atoms with Crippen LogP contribution in [0.2, 0.25) is 0 Å². The van der Waals surface area contributed by atoms with Crippen molar-refractivity contribution >= 4 is 17.5 Å². The Morgan fingerprint density at radius 3 is 2.39 bits per heavy atom. The molecule has 1 aliphatic rings. The molecular formula is C17H12O6. The Morgan fingerprint density at radius 1 is 1.04 bits per heavy atom. The lowest BCUT2D eigenvalue weighted by molar-refractivity contribution is -0.136. The monoisotopic (exact) mass is 312 g/mol. The summed E-state index contributed by atoms with van der Waals surface area (Å²) >= 11 is 0. The van der Waals surface area contributed by atoms with E-state index in [2.05, 4.69) is 0 Å². The molecule has 23 heavy (non-hydrogen) atoms. The van der Waals surface area contributed by atoms with Gasteiger partial charge in [0.25, 0.3) is 0 Å².